The van der Waals surface area contributed by atoms with Crippen LogP contribution in [0.5, 0.6) is 0 Å². The Balaban J connectivity index is 1.32. The smallest absolute Gasteiger partial charge is 0.250 e. The lowest BCUT2D eigenvalue weighted by molar-refractivity contribution is -0.133. The molecule has 0 saturated heterocycles. The lowest BCUT2D eigenvalue weighted by atomic mass is 9.96. The van der Waals surface area contributed by atoms with Crippen LogP contribution in [0, 0.1) is 5.92 Å². The number of aryl methyl sites for hydroxylation is 1. The molecule has 2 aromatic carbocycles. The molecule has 0 fully saturated rings. The zero-order valence-electron chi connectivity index (χ0n) is 22.7. The van der Waals surface area contributed by atoms with Crippen LogP contribution in [0.1, 0.15) is 49.2 Å². The lowest BCUT2D eigenvalue weighted by Crippen LogP contribution is -2.58. The Morgan fingerprint density at radius 3 is 2.55 bits per heavy atom. The molecule has 0 saturated carbocycles. The number of aromatic amines is 2. The number of anilines is 1. The first-order chi connectivity index (χ1) is 19.4. The van der Waals surface area contributed by atoms with Crippen molar-refractivity contribution in [3.63, 3.8) is 0 Å². The Kier molecular flexibility index (Phi) is 7.99. The first-order valence-corrected chi connectivity index (χ1v) is 13.8. The van der Waals surface area contributed by atoms with Crippen molar-refractivity contribution in [2.75, 3.05) is 4.90 Å². The van der Waals surface area contributed by atoms with Gasteiger partial charge >= 0.3 is 0 Å². The van der Waals surface area contributed by atoms with Crippen LogP contribution < -0.4 is 20.9 Å². The van der Waals surface area contributed by atoms with Crippen LogP contribution in [-0.4, -0.2) is 57.2 Å². The number of H-pyrrole nitrogens is 2. The molecule has 11 nitrogen and oxygen atoms in total. The van der Waals surface area contributed by atoms with Gasteiger partial charge in [0.25, 0.3) is 0 Å². The highest BCUT2D eigenvalue weighted by Gasteiger charge is 2.44. The Morgan fingerprint density at radius 2 is 1.85 bits per heavy atom. The molecular formula is C29H35N7O4. The summed E-state index contributed by atoms with van der Waals surface area (Å²) in [4.78, 5) is 55.1. The van der Waals surface area contributed by atoms with Crippen LogP contribution >= 0.6 is 0 Å². The van der Waals surface area contributed by atoms with E-state index in [1.165, 1.54) is 0 Å². The number of carbonyl (C=O) groups excluding carboxylic acids is 4. The first kappa shape index (κ1) is 27.2. The minimum absolute atomic E-state index is 0.146. The van der Waals surface area contributed by atoms with Crippen molar-refractivity contribution in [2.45, 2.75) is 70.6 Å². The second kappa shape index (κ2) is 11.8. The monoisotopic (exact) mass is 545 g/mol. The molecule has 3 heterocycles. The minimum Gasteiger partial charge on any atom is -0.347 e. The van der Waals surface area contributed by atoms with E-state index in [1.54, 1.807) is 4.90 Å². The van der Waals surface area contributed by atoms with Crippen LogP contribution in [0.2, 0.25) is 0 Å². The molecule has 5 N–H and O–H groups in total. The SMILES string of the molecule is CC[C@H](C)[C@H](NC(=O)Cc1ccccc1)C(=O)N[C@H]1CCc2cccc3c2N(C1=O)[C@H](C(=O)NCc1n[nH][nH]1)C3. The normalized spacial score (nSPS) is 19.4. The number of aromatic nitrogens is 3. The predicted octanol–water partition coefficient (Wildman–Crippen LogP) is 1.52. The number of nitrogens with one attached hydrogen (secondary N) is 5. The van der Waals surface area contributed by atoms with E-state index >= 15 is 0 Å². The molecular weight excluding hydrogens is 510 g/mol. The van der Waals surface area contributed by atoms with Crippen molar-refractivity contribution in [3.8, 4) is 0 Å². The molecule has 0 aliphatic carbocycles. The maximum absolute atomic E-state index is 14.0. The van der Waals surface area contributed by atoms with Crippen molar-refractivity contribution in [1.82, 2.24) is 31.4 Å². The molecule has 0 bridgehead atoms. The molecule has 210 valence electrons. The van der Waals surface area contributed by atoms with Crippen LogP contribution in [0.4, 0.5) is 5.69 Å². The van der Waals surface area contributed by atoms with Gasteiger partial charge in [-0.25, -0.2) is 5.21 Å². The van der Waals surface area contributed by atoms with E-state index in [-0.39, 0.29) is 36.6 Å². The van der Waals surface area contributed by atoms with Gasteiger partial charge in [0.2, 0.25) is 23.6 Å². The third kappa shape index (κ3) is 5.63. The van der Waals surface area contributed by atoms with Crippen molar-refractivity contribution in [3.05, 3.63) is 71.0 Å². The van der Waals surface area contributed by atoms with E-state index in [0.717, 1.165) is 22.4 Å². The maximum atomic E-state index is 14.0. The highest BCUT2D eigenvalue weighted by Crippen LogP contribution is 2.39. The van der Waals surface area contributed by atoms with Gasteiger partial charge in [-0.05, 0) is 35.4 Å². The van der Waals surface area contributed by atoms with Gasteiger partial charge in [0.1, 0.15) is 18.1 Å². The molecule has 1 aromatic heterocycles. The Bertz CT molecular complexity index is 1370. The first-order valence-electron chi connectivity index (χ1n) is 13.8. The summed E-state index contributed by atoms with van der Waals surface area (Å²) < 4.78 is 0. The Labute approximate surface area is 232 Å². The molecule has 40 heavy (non-hydrogen) atoms. The van der Waals surface area contributed by atoms with Crippen LogP contribution in [0.3, 0.4) is 0 Å². The van der Waals surface area contributed by atoms with Crippen molar-refractivity contribution >= 4 is 29.3 Å². The molecule has 11 heteroatoms. The van der Waals surface area contributed by atoms with E-state index in [2.05, 4.69) is 31.4 Å². The Morgan fingerprint density at radius 1 is 1.10 bits per heavy atom. The van der Waals surface area contributed by atoms with Gasteiger partial charge in [-0.2, -0.15) is 0 Å². The fourth-order valence-electron chi connectivity index (χ4n) is 5.45. The molecule has 5 rings (SSSR count). The summed E-state index contributed by atoms with van der Waals surface area (Å²) in [6, 6.07) is 12.8. The molecule has 4 amide bonds. The second-order valence-electron chi connectivity index (χ2n) is 10.6. The highest BCUT2D eigenvalue weighted by atomic mass is 16.2. The number of para-hydroxylation sites is 1. The van der Waals surface area contributed by atoms with Crippen LogP contribution in [0.15, 0.2) is 48.5 Å². The Hall–Kier alpha value is -4.41. The standard InChI is InChI=1S/C29H35N7O4/c1-3-17(2)25(32-24(37)14-18-8-5-4-6-9-18)28(39)31-21-13-12-19-10-7-11-20-15-22(36(26(19)20)29(21)40)27(38)30-16-23-33-35-34-23/h4-11,17,21-22,25,35H,3,12-16H2,1-2H3,(H,30,38)(H,31,39)(H,32,37)(H,33,34)/t17-,21-,22-,25-/m0/s1. The summed E-state index contributed by atoms with van der Waals surface area (Å²) in [5.41, 5.74) is 3.52. The largest absolute Gasteiger partial charge is 0.347 e. The van der Waals surface area contributed by atoms with Crippen molar-refractivity contribution < 1.29 is 19.2 Å². The minimum atomic E-state index is -0.833. The number of nitrogens with zero attached hydrogens (tertiary/aromatic N) is 2. The summed E-state index contributed by atoms with van der Waals surface area (Å²) >= 11 is 0. The van der Waals surface area contributed by atoms with Gasteiger partial charge in [0.15, 0.2) is 5.82 Å². The fraction of sp³-hybridized carbons (Fsp3) is 0.414. The van der Waals surface area contributed by atoms with E-state index in [9.17, 15) is 19.2 Å². The summed E-state index contributed by atoms with van der Waals surface area (Å²) in [6.45, 7) is 4.08. The molecule has 2 aliphatic heterocycles. The van der Waals surface area contributed by atoms with Gasteiger partial charge in [-0.3, -0.25) is 29.2 Å². The van der Waals surface area contributed by atoms with Gasteiger partial charge in [-0.1, -0.05) is 68.8 Å². The molecule has 2 aliphatic rings. The second-order valence-corrected chi connectivity index (χ2v) is 10.6. The number of hydrogen-bond donors (Lipinski definition) is 5. The molecule has 4 atom stereocenters. The van der Waals surface area contributed by atoms with E-state index in [0.29, 0.717) is 31.5 Å². The zero-order valence-corrected chi connectivity index (χ0v) is 22.7. The van der Waals surface area contributed by atoms with Gasteiger partial charge in [0, 0.05) is 6.42 Å². The van der Waals surface area contributed by atoms with Crippen molar-refractivity contribution in [1.29, 1.82) is 0 Å². The third-order valence-electron chi connectivity index (χ3n) is 7.87. The van der Waals surface area contributed by atoms with Crippen LogP contribution in [0.25, 0.3) is 0 Å². The summed E-state index contributed by atoms with van der Waals surface area (Å²) in [6.07, 6.45) is 2.19. The molecule has 3 aromatic rings. The average Bonchev–Trinajstić information content (AvgIpc) is 3.26. The number of amides is 4. The van der Waals surface area contributed by atoms with E-state index in [4.69, 9.17) is 0 Å². The molecule has 0 radical (unpaired) electrons. The van der Waals surface area contributed by atoms with E-state index < -0.39 is 24.0 Å². The maximum Gasteiger partial charge on any atom is 0.250 e. The number of hydrogen-bond acceptors (Lipinski definition) is 5. The average molecular weight is 546 g/mol. The summed E-state index contributed by atoms with van der Waals surface area (Å²) in [5, 5.41) is 17.9. The number of benzene rings is 2. The molecule has 0 spiro atoms. The summed E-state index contributed by atoms with van der Waals surface area (Å²) in [7, 11) is 0. The van der Waals surface area contributed by atoms with Gasteiger partial charge in [-0.15, -0.1) is 5.10 Å². The fourth-order valence-corrected chi connectivity index (χ4v) is 5.45. The zero-order chi connectivity index (χ0) is 28.2. The van der Waals surface area contributed by atoms with E-state index in [1.807, 2.05) is 62.4 Å². The van der Waals surface area contributed by atoms with Crippen molar-refractivity contribution in [2.24, 2.45) is 5.92 Å². The molecule has 0 unspecified atom stereocenters. The number of carbonyl (C=O) groups is 4. The number of rotatable bonds is 10. The predicted molar refractivity (Wildman–Crippen MR) is 148 cm³/mol. The quantitative estimate of drug-likeness (QED) is 0.262. The van der Waals surface area contributed by atoms with Gasteiger partial charge < -0.3 is 16.0 Å². The summed E-state index contributed by atoms with van der Waals surface area (Å²) in [5.74, 6) is -0.814. The highest BCUT2D eigenvalue weighted by molar-refractivity contribution is 6.08. The van der Waals surface area contributed by atoms with Gasteiger partial charge in [0.05, 0.1) is 18.7 Å². The third-order valence-corrected chi connectivity index (χ3v) is 7.87. The lowest BCUT2D eigenvalue weighted by Gasteiger charge is -2.30. The topological polar surface area (TPSA) is 152 Å². The van der Waals surface area contributed by atoms with Crippen LogP contribution in [-0.2, 0) is 45.0 Å².